The number of carbonyl (C=O) groups excluding carboxylic acids is 1. The number of hydrogen-bond acceptors (Lipinski definition) is 1. The maximum atomic E-state index is 12.3. The molecule has 0 saturated carbocycles. The monoisotopic (exact) mass is 258 g/mol. The van der Waals surface area contributed by atoms with Gasteiger partial charge >= 0.3 is 0 Å². The first-order valence-corrected chi connectivity index (χ1v) is 6.30. The fraction of sp³-hybridized carbons (Fsp3) is 0.188. The van der Waals surface area contributed by atoms with Gasteiger partial charge in [-0.15, -0.1) is 0 Å². The zero-order chi connectivity index (χ0) is 13.1. The largest absolute Gasteiger partial charge is 0.294 e. The molecule has 2 aromatic rings. The lowest BCUT2D eigenvalue weighted by Gasteiger charge is -2.08. The van der Waals surface area contributed by atoms with E-state index in [1.165, 1.54) is 0 Å². The number of halogens is 1. The van der Waals surface area contributed by atoms with E-state index in [9.17, 15) is 4.79 Å². The first-order valence-electron chi connectivity index (χ1n) is 5.92. The second-order valence-corrected chi connectivity index (χ2v) is 4.85. The topological polar surface area (TPSA) is 17.1 Å². The highest BCUT2D eigenvalue weighted by molar-refractivity contribution is 6.31. The third-order valence-corrected chi connectivity index (χ3v) is 3.58. The van der Waals surface area contributed by atoms with Crippen LogP contribution in [0.25, 0.3) is 0 Å². The molecule has 0 aromatic heterocycles. The molecule has 0 fully saturated rings. The van der Waals surface area contributed by atoms with E-state index in [-0.39, 0.29) is 5.78 Å². The highest BCUT2D eigenvalue weighted by Gasteiger charge is 2.12. The van der Waals surface area contributed by atoms with Gasteiger partial charge in [0.25, 0.3) is 0 Å². The van der Waals surface area contributed by atoms with Gasteiger partial charge in [-0.05, 0) is 36.6 Å². The van der Waals surface area contributed by atoms with E-state index in [2.05, 4.69) is 0 Å². The summed E-state index contributed by atoms with van der Waals surface area (Å²) in [5.41, 5.74) is 3.86. The van der Waals surface area contributed by atoms with Crippen molar-refractivity contribution < 1.29 is 4.79 Å². The normalized spacial score (nSPS) is 10.4. The minimum atomic E-state index is 0.115. The molecule has 0 unspecified atom stereocenters. The Morgan fingerprint density at radius 1 is 1.06 bits per heavy atom. The minimum absolute atomic E-state index is 0.115. The third-order valence-electron chi connectivity index (χ3n) is 3.21. The summed E-state index contributed by atoms with van der Waals surface area (Å²) in [5.74, 6) is 0.115. The van der Waals surface area contributed by atoms with Gasteiger partial charge in [-0.1, -0.05) is 48.0 Å². The standard InChI is InChI=1S/C16H15ClO/c1-11-6-5-8-14(12(11)2)16(18)10-13-7-3-4-9-15(13)17/h3-9H,10H2,1-2H3. The van der Waals surface area contributed by atoms with Crippen LogP contribution in [0.2, 0.25) is 5.02 Å². The van der Waals surface area contributed by atoms with Crippen molar-refractivity contribution in [1.29, 1.82) is 0 Å². The van der Waals surface area contributed by atoms with Crippen LogP contribution >= 0.6 is 11.6 Å². The quantitative estimate of drug-likeness (QED) is 0.747. The number of Topliss-reactive ketones (excluding diaryl/α,β-unsaturated/α-hetero) is 1. The molecule has 18 heavy (non-hydrogen) atoms. The molecule has 92 valence electrons. The lowest BCUT2D eigenvalue weighted by Crippen LogP contribution is -2.06. The number of ketones is 1. The first kappa shape index (κ1) is 12.8. The van der Waals surface area contributed by atoms with Gasteiger partial charge < -0.3 is 0 Å². The molecule has 0 aliphatic heterocycles. The van der Waals surface area contributed by atoms with Crippen molar-refractivity contribution in [2.75, 3.05) is 0 Å². The van der Waals surface area contributed by atoms with Crippen molar-refractivity contribution in [2.45, 2.75) is 20.3 Å². The van der Waals surface area contributed by atoms with E-state index in [4.69, 9.17) is 11.6 Å². The van der Waals surface area contributed by atoms with Gasteiger partial charge in [0.05, 0.1) is 0 Å². The van der Waals surface area contributed by atoms with Crippen molar-refractivity contribution in [3.63, 3.8) is 0 Å². The highest BCUT2D eigenvalue weighted by Crippen LogP contribution is 2.19. The van der Waals surface area contributed by atoms with Gasteiger partial charge in [-0.3, -0.25) is 4.79 Å². The van der Waals surface area contributed by atoms with Gasteiger partial charge in [-0.25, -0.2) is 0 Å². The Bertz CT molecular complexity index is 587. The van der Waals surface area contributed by atoms with Crippen LogP contribution in [0.5, 0.6) is 0 Å². The Labute approximate surface area is 112 Å². The van der Waals surface area contributed by atoms with Gasteiger partial charge in [0, 0.05) is 17.0 Å². The summed E-state index contributed by atoms with van der Waals surface area (Å²) in [6.45, 7) is 4.00. The summed E-state index contributed by atoms with van der Waals surface area (Å²) in [7, 11) is 0. The SMILES string of the molecule is Cc1cccc(C(=O)Cc2ccccc2Cl)c1C. The third kappa shape index (κ3) is 2.62. The predicted molar refractivity (Wildman–Crippen MR) is 75.4 cm³/mol. The van der Waals surface area contributed by atoms with Crippen LogP contribution in [-0.4, -0.2) is 5.78 Å². The van der Waals surface area contributed by atoms with Crippen LogP contribution < -0.4 is 0 Å². The van der Waals surface area contributed by atoms with Gasteiger partial charge in [0.15, 0.2) is 5.78 Å². The van der Waals surface area contributed by atoms with Crippen LogP contribution in [0, 0.1) is 13.8 Å². The number of aryl methyl sites for hydroxylation is 1. The number of benzene rings is 2. The Hall–Kier alpha value is -1.60. The van der Waals surface area contributed by atoms with E-state index < -0.39 is 0 Å². The molecule has 0 N–H and O–H groups in total. The second-order valence-electron chi connectivity index (χ2n) is 4.44. The predicted octanol–water partition coefficient (Wildman–Crippen LogP) is 4.38. The molecule has 2 heteroatoms. The second kappa shape index (κ2) is 5.36. The van der Waals surface area contributed by atoms with Crippen molar-refractivity contribution in [1.82, 2.24) is 0 Å². The average Bonchev–Trinajstić information content (AvgIpc) is 2.35. The molecular formula is C16H15ClO. The summed E-state index contributed by atoms with van der Waals surface area (Å²) >= 11 is 6.07. The molecule has 0 heterocycles. The fourth-order valence-electron chi connectivity index (χ4n) is 1.96. The van der Waals surface area contributed by atoms with Crippen molar-refractivity contribution in [2.24, 2.45) is 0 Å². The number of rotatable bonds is 3. The molecule has 0 radical (unpaired) electrons. The smallest absolute Gasteiger partial charge is 0.167 e. The van der Waals surface area contributed by atoms with Gasteiger partial charge in [0.2, 0.25) is 0 Å². The Morgan fingerprint density at radius 2 is 1.78 bits per heavy atom. The molecule has 0 bridgehead atoms. The van der Waals surface area contributed by atoms with E-state index in [1.54, 1.807) is 0 Å². The van der Waals surface area contributed by atoms with Crippen molar-refractivity contribution in [3.05, 3.63) is 69.7 Å². The van der Waals surface area contributed by atoms with E-state index in [0.717, 1.165) is 22.3 Å². The molecule has 0 saturated heterocycles. The maximum absolute atomic E-state index is 12.3. The summed E-state index contributed by atoms with van der Waals surface area (Å²) in [4.78, 5) is 12.3. The van der Waals surface area contributed by atoms with Crippen molar-refractivity contribution >= 4 is 17.4 Å². The van der Waals surface area contributed by atoms with Crippen LogP contribution in [0.3, 0.4) is 0 Å². The van der Waals surface area contributed by atoms with Gasteiger partial charge in [-0.2, -0.15) is 0 Å². The van der Waals surface area contributed by atoms with E-state index in [0.29, 0.717) is 11.4 Å². The van der Waals surface area contributed by atoms with E-state index in [1.807, 2.05) is 56.3 Å². The molecule has 0 amide bonds. The van der Waals surface area contributed by atoms with Crippen LogP contribution in [-0.2, 0) is 6.42 Å². The van der Waals surface area contributed by atoms with Crippen molar-refractivity contribution in [3.8, 4) is 0 Å². The molecular weight excluding hydrogens is 244 g/mol. The van der Waals surface area contributed by atoms with Crippen LogP contribution in [0.4, 0.5) is 0 Å². The number of carbonyl (C=O) groups is 1. The summed E-state index contributed by atoms with van der Waals surface area (Å²) in [6, 6.07) is 13.3. The maximum Gasteiger partial charge on any atom is 0.167 e. The summed E-state index contributed by atoms with van der Waals surface area (Å²) in [5, 5.41) is 0.649. The van der Waals surface area contributed by atoms with Crippen LogP contribution in [0.1, 0.15) is 27.0 Å². The lowest BCUT2D eigenvalue weighted by atomic mass is 9.96. The minimum Gasteiger partial charge on any atom is -0.294 e. The fourth-order valence-corrected chi connectivity index (χ4v) is 2.17. The highest BCUT2D eigenvalue weighted by atomic mass is 35.5. The molecule has 2 aromatic carbocycles. The number of hydrogen-bond donors (Lipinski definition) is 0. The Morgan fingerprint density at radius 3 is 2.50 bits per heavy atom. The lowest BCUT2D eigenvalue weighted by molar-refractivity contribution is 0.0992. The average molecular weight is 259 g/mol. The van der Waals surface area contributed by atoms with Crippen LogP contribution in [0.15, 0.2) is 42.5 Å². The zero-order valence-corrected chi connectivity index (χ0v) is 11.3. The Balaban J connectivity index is 2.28. The first-order chi connectivity index (χ1) is 8.59. The Kier molecular flexibility index (Phi) is 3.83. The molecule has 0 spiro atoms. The molecule has 0 atom stereocenters. The summed E-state index contributed by atoms with van der Waals surface area (Å²) < 4.78 is 0. The van der Waals surface area contributed by atoms with E-state index >= 15 is 0 Å². The summed E-state index contributed by atoms with van der Waals surface area (Å²) in [6.07, 6.45) is 0.351. The molecule has 0 aliphatic carbocycles. The zero-order valence-electron chi connectivity index (χ0n) is 10.5. The molecule has 0 aliphatic rings. The molecule has 1 nitrogen and oxygen atoms in total. The van der Waals surface area contributed by atoms with Gasteiger partial charge in [0.1, 0.15) is 0 Å². The molecule has 2 rings (SSSR count).